The Labute approximate surface area is 195 Å². The summed E-state index contributed by atoms with van der Waals surface area (Å²) in [6.45, 7) is 15.8. The summed E-state index contributed by atoms with van der Waals surface area (Å²) in [7, 11) is 0. The van der Waals surface area contributed by atoms with Gasteiger partial charge >= 0.3 is 11.9 Å². The second-order valence-corrected chi connectivity index (χ2v) is 10.9. The van der Waals surface area contributed by atoms with Crippen molar-refractivity contribution in [3.8, 4) is 0 Å². The summed E-state index contributed by atoms with van der Waals surface area (Å²) in [5, 5.41) is 1.12. The lowest BCUT2D eigenvalue weighted by molar-refractivity contribution is -0.161. The van der Waals surface area contributed by atoms with Gasteiger partial charge in [-0.3, -0.25) is 9.36 Å². The Morgan fingerprint density at radius 1 is 0.909 bits per heavy atom. The van der Waals surface area contributed by atoms with Crippen LogP contribution in [0.5, 0.6) is 0 Å². The molecule has 0 aliphatic rings. The molecule has 0 saturated carbocycles. The highest BCUT2D eigenvalue weighted by molar-refractivity contribution is 6.04. The van der Waals surface area contributed by atoms with E-state index in [2.05, 4.69) is 10.9 Å². The van der Waals surface area contributed by atoms with Crippen LogP contribution in [-0.4, -0.2) is 39.1 Å². The van der Waals surface area contributed by atoms with Gasteiger partial charge in [-0.25, -0.2) is 14.6 Å². The van der Waals surface area contributed by atoms with Crippen molar-refractivity contribution in [3.63, 3.8) is 0 Å². The molecule has 0 spiro atoms. The first-order chi connectivity index (χ1) is 15.0. The maximum absolute atomic E-state index is 13.4. The summed E-state index contributed by atoms with van der Waals surface area (Å²) in [4.78, 5) is 44.3. The molecule has 2 aromatic rings. The molecule has 2 rings (SSSR count). The molecule has 0 aliphatic carbocycles. The number of nitrogens with zero attached hydrogens (tertiary/aromatic N) is 2. The van der Waals surface area contributed by atoms with Crippen molar-refractivity contribution in [1.29, 1.82) is 0 Å². The predicted octanol–water partition coefficient (Wildman–Crippen LogP) is 4.62. The van der Waals surface area contributed by atoms with Crippen molar-refractivity contribution >= 4 is 28.6 Å². The van der Waals surface area contributed by atoms with E-state index in [4.69, 9.17) is 9.47 Å². The Bertz CT molecular complexity index is 1160. The van der Waals surface area contributed by atoms with Crippen LogP contribution in [0.25, 0.3) is 10.8 Å². The summed E-state index contributed by atoms with van der Waals surface area (Å²) >= 11 is 0. The number of aliphatic imine (C=N–C) groups is 1. The first kappa shape index (κ1) is 26.1. The number of carbonyl (C=O) groups is 2. The van der Waals surface area contributed by atoms with E-state index >= 15 is 0 Å². The first-order valence-corrected chi connectivity index (χ1v) is 10.9. The lowest BCUT2D eigenvalue weighted by Gasteiger charge is -2.27. The molecule has 0 N–H and O–H groups in total. The third-order valence-corrected chi connectivity index (χ3v) is 4.15. The molecule has 33 heavy (non-hydrogen) atoms. The quantitative estimate of drug-likeness (QED) is 0.382. The van der Waals surface area contributed by atoms with E-state index in [1.165, 1.54) is 10.8 Å². The number of rotatable bonds is 4. The van der Waals surface area contributed by atoms with Crippen LogP contribution < -0.4 is 5.56 Å². The van der Waals surface area contributed by atoms with E-state index in [9.17, 15) is 14.4 Å². The summed E-state index contributed by atoms with van der Waals surface area (Å²) in [5.41, 5.74) is -2.91. The van der Waals surface area contributed by atoms with Crippen LogP contribution in [0.2, 0.25) is 0 Å². The molecule has 0 aliphatic heterocycles. The summed E-state index contributed by atoms with van der Waals surface area (Å²) in [5.74, 6) is 1.15. The number of esters is 2. The number of hydrogen-bond acceptors (Lipinski definition) is 6. The van der Waals surface area contributed by atoms with Crippen LogP contribution in [0, 0.1) is 0 Å². The van der Waals surface area contributed by atoms with Gasteiger partial charge < -0.3 is 9.47 Å². The summed E-state index contributed by atoms with van der Waals surface area (Å²) < 4.78 is 12.3. The average Bonchev–Trinajstić information content (AvgIpc) is 2.62. The Hall–Kier alpha value is -3.18. The molecule has 1 aromatic heterocycles. The van der Waals surface area contributed by atoms with E-state index < -0.39 is 40.3 Å². The van der Waals surface area contributed by atoms with Crippen molar-refractivity contribution < 1.29 is 19.1 Å². The van der Waals surface area contributed by atoms with Crippen LogP contribution >= 0.6 is 0 Å². The molecule has 0 amide bonds. The van der Waals surface area contributed by atoms with Gasteiger partial charge in [0.05, 0.1) is 5.54 Å². The van der Waals surface area contributed by atoms with Crippen molar-refractivity contribution in [2.45, 2.75) is 85.1 Å². The van der Waals surface area contributed by atoms with Crippen molar-refractivity contribution in [2.75, 3.05) is 0 Å². The van der Waals surface area contributed by atoms with Gasteiger partial charge in [-0.1, -0.05) is 18.2 Å². The number of aromatic nitrogens is 1. The highest BCUT2D eigenvalue weighted by Gasteiger charge is 2.37. The molecule has 178 valence electrons. The topological polar surface area (TPSA) is 87.0 Å². The number of fused-ring (bicyclic) bond motifs is 1. The fourth-order valence-corrected chi connectivity index (χ4v) is 2.92. The maximum Gasteiger partial charge on any atom is 0.346 e. The van der Waals surface area contributed by atoms with Gasteiger partial charge in [-0.15, -0.1) is 0 Å². The second kappa shape index (κ2) is 9.36. The third kappa shape index (κ3) is 7.43. The summed E-state index contributed by atoms with van der Waals surface area (Å²) in [6.07, 6.45) is 1.47. The molecule has 0 fully saturated rings. The molecular weight excluding hydrogens is 420 g/mol. The van der Waals surface area contributed by atoms with E-state index in [1.807, 2.05) is 26.8 Å². The average molecular weight is 455 g/mol. The zero-order valence-corrected chi connectivity index (χ0v) is 21.0. The minimum atomic E-state index is -1.43. The van der Waals surface area contributed by atoms with Gasteiger partial charge in [0.1, 0.15) is 16.8 Å². The molecule has 0 radical (unpaired) electrons. The Morgan fingerprint density at radius 2 is 1.48 bits per heavy atom. The van der Waals surface area contributed by atoms with E-state index in [0.29, 0.717) is 10.8 Å². The predicted molar refractivity (Wildman–Crippen MR) is 130 cm³/mol. The van der Waals surface area contributed by atoms with Crippen molar-refractivity contribution in [2.24, 2.45) is 4.99 Å². The van der Waals surface area contributed by atoms with Crippen LogP contribution in [-0.2, 0) is 19.1 Å². The number of benzene rings is 1. The molecule has 7 heteroatoms. The largest absolute Gasteiger partial charge is 0.458 e. The molecular formula is C26H34N2O5. The number of carbonyl (C=O) groups excluding carboxylic acids is 2. The Balaban J connectivity index is 2.84. The lowest BCUT2D eigenvalue weighted by atomic mass is 10.1. The highest BCUT2D eigenvalue weighted by atomic mass is 16.6. The van der Waals surface area contributed by atoms with Gasteiger partial charge in [-0.05, 0) is 85.7 Å². The lowest BCUT2D eigenvalue weighted by Crippen LogP contribution is -2.39. The second-order valence-electron chi connectivity index (χ2n) is 10.9. The molecule has 0 bridgehead atoms. The summed E-state index contributed by atoms with van der Waals surface area (Å²) in [6, 6.07) is 7.31. The number of hydrogen-bond donors (Lipinski definition) is 0. The number of ether oxygens (including phenoxy) is 2. The fourth-order valence-electron chi connectivity index (χ4n) is 2.92. The third-order valence-electron chi connectivity index (χ3n) is 4.15. The number of pyridine rings is 1. The first-order valence-electron chi connectivity index (χ1n) is 10.9. The maximum atomic E-state index is 13.4. The SMILES string of the molecule is CC(C)(C)N=C=C(C(=O)OC(C)(C)C)C(C(=O)OC(C)(C)C)n1ccc2ccccc2c1=O. The van der Waals surface area contributed by atoms with Crippen LogP contribution in [0.15, 0.2) is 51.9 Å². The van der Waals surface area contributed by atoms with Crippen molar-refractivity contribution in [3.05, 3.63) is 52.5 Å². The van der Waals surface area contributed by atoms with Crippen LogP contribution in [0.4, 0.5) is 0 Å². The zero-order valence-electron chi connectivity index (χ0n) is 21.0. The van der Waals surface area contributed by atoms with E-state index in [0.717, 1.165) is 0 Å². The van der Waals surface area contributed by atoms with Gasteiger partial charge in [0.25, 0.3) is 5.56 Å². The molecule has 1 aromatic carbocycles. The minimum absolute atomic E-state index is 0.202. The standard InChI is InChI=1S/C26H34N2O5/c1-24(2,3)27-16-19(22(30)32-25(4,5)6)20(23(31)33-26(7,8)9)28-15-14-17-12-10-11-13-18(17)21(28)29/h10-15,20H,1-9H3. The van der Waals surface area contributed by atoms with Gasteiger partial charge in [-0.2, -0.15) is 0 Å². The van der Waals surface area contributed by atoms with Gasteiger partial charge in [0.15, 0.2) is 6.04 Å². The zero-order chi connectivity index (χ0) is 25.2. The molecule has 1 atom stereocenters. The fraction of sp³-hybridized carbons (Fsp3) is 0.500. The Kier molecular flexibility index (Phi) is 7.39. The van der Waals surface area contributed by atoms with Crippen LogP contribution in [0.1, 0.15) is 68.4 Å². The van der Waals surface area contributed by atoms with Crippen molar-refractivity contribution in [1.82, 2.24) is 4.57 Å². The van der Waals surface area contributed by atoms with Gasteiger partial charge in [0, 0.05) is 11.6 Å². The normalized spacial score (nSPS) is 13.1. The molecule has 7 nitrogen and oxygen atoms in total. The van der Waals surface area contributed by atoms with Crippen LogP contribution in [0.3, 0.4) is 0 Å². The Morgan fingerprint density at radius 3 is 2.03 bits per heavy atom. The monoisotopic (exact) mass is 454 g/mol. The van der Waals surface area contributed by atoms with E-state index in [1.54, 1.807) is 65.8 Å². The van der Waals surface area contributed by atoms with Gasteiger partial charge in [0.2, 0.25) is 0 Å². The molecule has 1 heterocycles. The molecule has 0 saturated heterocycles. The smallest absolute Gasteiger partial charge is 0.346 e. The molecule has 1 unspecified atom stereocenters. The highest BCUT2D eigenvalue weighted by Crippen LogP contribution is 2.24. The van der Waals surface area contributed by atoms with E-state index in [-0.39, 0.29) is 5.57 Å². The minimum Gasteiger partial charge on any atom is -0.458 e.